The third-order valence-electron chi connectivity index (χ3n) is 9.07. The van der Waals surface area contributed by atoms with E-state index in [9.17, 15) is 0 Å². The zero-order valence-corrected chi connectivity index (χ0v) is 44.5. The summed E-state index contributed by atoms with van der Waals surface area (Å²) in [5, 5.41) is 2.48. The lowest BCUT2D eigenvalue weighted by atomic mass is 9.87. The Bertz CT molecular complexity index is 2010. The number of fused-ring (bicyclic) bond motifs is 1. The maximum absolute atomic E-state index is 4.55. The molecule has 0 atom stereocenters. The number of aryl methyl sites for hydroxylation is 1. The summed E-state index contributed by atoms with van der Waals surface area (Å²) in [4.78, 5) is 0. The van der Waals surface area contributed by atoms with Gasteiger partial charge in [-0.05, 0) is 150 Å². The molecular weight excluding hydrogens is 769 g/mol. The summed E-state index contributed by atoms with van der Waals surface area (Å²) in [6.45, 7) is 65.4. The molecule has 0 saturated carbocycles. The number of rotatable bonds is 14. The topological polar surface area (TPSA) is 0 Å². The van der Waals surface area contributed by atoms with Crippen LogP contribution in [-0.4, -0.2) is 0 Å². The van der Waals surface area contributed by atoms with Crippen LogP contribution < -0.4 is 0 Å². The molecule has 354 valence electrons. The number of hydrogen-bond donors (Lipinski definition) is 0. The number of benzene rings is 3. The summed E-state index contributed by atoms with van der Waals surface area (Å²) in [6.07, 6.45) is 27.1. The molecule has 0 aliphatic rings. The van der Waals surface area contributed by atoms with Crippen LogP contribution in [0.2, 0.25) is 0 Å². The Balaban J connectivity index is -0.000000411. The fourth-order valence-corrected chi connectivity index (χ4v) is 6.18. The molecule has 0 nitrogen and oxygen atoms in total. The van der Waals surface area contributed by atoms with Crippen LogP contribution in [0.1, 0.15) is 170 Å². The molecule has 0 saturated heterocycles. The molecule has 3 rings (SSSR count). The van der Waals surface area contributed by atoms with Gasteiger partial charge in [-0.2, -0.15) is 0 Å². The van der Waals surface area contributed by atoms with E-state index in [1.807, 2.05) is 139 Å². The molecule has 0 spiro atoms. The average molecular weight is 867 g/mol. The lowest BCUT2D eigenvalue weighted by Gasteiger charge is -2.18. The second-order valence-corrected chi connectivity index (χ2v) is 12.5. The standard InChI is InChI=1S/C46H50.C5H8.6C2H6.CH4/c1-13-17-23-39(42-28-21-27-41(35(42)10)34(9)33(8)40(22-15-3)31(5)6)29-32(7)38(16-4)30-46-36(11)43(24-18-14-2)45-26-20-19-25-44(45)37(46)12;1-3-5-4-2;6*1-2;/h14-30H,2-5,7,13H2,1,6,8-12H3;3-5H,1H2,2H3;6*1-2H3;1H4/b23-17-,24-18-,34-33+,38-30+,39-29+,40-22-;5-4-;;;;;;;. The van der Waals surface area contributed by atoms with Crippen molar-refractivity contribution in [2.45, 2.75) is 152 Å². The Morgan fingerprint density at radius 2 is 1.12 bits per heavy atom. The van der Waals surface area contributed by atoms with Gasteiger partial charge in [-0.15, -0.1) is 0 Å². The van der Waals surface area contributed by atoms with Crippen LogP contribution in [-0.2, 0) is 0 Å². The molecule has 0 bridgehead atoms. The fraction of sp³-hybridized carbons (Fsp3) is 0.344. The van der Waals surface area contributed by atoms with Crippen molar-refractivity contribution in [1.29, 1.82) is 0 Å². The van der Waals surface area contributed by atoms with Crippen molar-refractivity contribution in [3.8, 4) is 0 Å². The molecule has 3 aromatic rings. The van der Waals surface area contributed by atoms with Gasteiger partial charge in [0.15, 0.2) is 0 Å². The molecular formula is C64H98. The van der Waals surface area contributed by atoms with E-state index < -0.39 is 0 Å². The molecule has 0 unspecified atom stereocenters. The Morgan fingerprint density at radius 3 is 1.56 bits per heavy atom. The van der Waals surface area contributed by atoms with Crippen LogP contribution in [0, 0.1) is 20.8 Å². The van der Waals surface area contributed by atoms with Crippen molar-refractivity contribution in [2.24, 2.45) is 0 Å². The molecule has 0 aromatic heterocycles. The smallest absolute Gasteiger partial charge is 0.0106 e. The zero-order valence-electron chi connectivity index (χ0n) is 44.5. The van der Waals surface area contributed by atoms with Gasteiger partial charge in [-0.3, -0.25) is 0 Å². The highest BCUT2D eigenvalue weighted by Gasteiger charge is 2.15. The third-order valence-corrected chi connectivity index (χ3v) is 9.07. The van der Waals surface area contributed by atoms with Crippen molar-refractivity contribution < 1.29 is 0 Å². The Hall–Kier alpha value is -5.46. The first kappa shape index (κ1) is 70.2. The highest BCUT2D eigenvalue weighted by atomic mass is 14.2. The van der Waals surface area contributed by atoms with Crippen LogP contribution in [0.25, 0.3) is 34.1 Å². The Kier molecular flexibility index (Phi) is 50.0. The summed E-state index contributed by atoms with van der Waals surface area (Å²) < 4.78 is 0. The molecule has 0 radical (unpaired) electrons. The van der Waals surface area contributed by atoms with Gasteiger partial charge in [0.25, 0.3) is 0 Å². The van der Waals surface area contributed by atoms with Gasteiger partial charge < -0.3 is 0 Å². The molecule has 64 heavy (non-hydrogen) atoms. The predicted molar refractivity (Wildman–Crippen MR) is 310 cm³/mol. The Labute approximate surface area is 400 Å². The van der Waals surface area contributed by atoms with Crippen molar-refractivity contribution >= 4 is 34.1 Å². The quantitative estimate of drug-likeness (QED) is 0.142. The summed E-state index contributed by atoms with van der Waals surface area (Å²) >= 11 is 0. The van der Waals surface area contributed by atoms with E-state index in [0.717, 1.165) is 34.3 Å². The van der Waals surface area contributed by atoms with Crippen LogP contribution >= 0.6 is 0 Å². The van der Waals surface area contributed by atoms with E-state index in [1.165, 1.54) is 60.9 Å². The van der Waals surface area contributed by atoms with Crippen LogP contribution in [0.3, 0.4) is 0 Å². The van der Waals surface area contributed by atoms with Gasteiger partial charge in [0.2, 0.25) is 0 Å². The lowest BCUT2D eigenvalue weighted by Crippen LogP contribution is -1.98. The largest absolute Gasteiger partial charge is 0.0991 e. The highest BCUT2D eigenvalue weighted by Crippen LogP contribution is 2.35. The minimum absolute atomic E-state index is 0. The highest BCUT2D eigenvalue weighted by molar-refractivity contribution is 5.97. The van der Waals surface area contributed by atoms with Crippen LogP contribution in [0.5, 0.6) is 0 Å². The van der Waals surface area contributed by atoms with Crippen molar-refractivity contribution in [3.05, 3.63) is 216 Å². The maximum Gasteiger partial charge on any atom is -0.0106 e. The van der Waals surface area contributed by atoms with E-state index in [0.29, 0.717) is 0 Å². The Morgan fingerprint density at radius 1 is 0.609 bits per heavy atom. The van der Waals surface area contributed by atoms with Gasteiger partial charge in [0.05, 0.1) is 0 Å². The summed E-state index contributed by atoms with van der Waals surface area (Å²) in [5.74, 6) is 0. The van der Waals surface area contributed by atoms with Gasteiger partial charge in [0.1, 0.15) is 0 Å². The molecule has 0 heterocycles. The molecule has 0 aliphatic carbocycles. The average Bonchev–Trinajstić information content (AvgIpc) is 3.33. The first-order chi connectivity index (χ1) is 30.4. The van der Waals surface area contributed by atoms with Gasteiger partial charge in [-0.1, -0.05) is 252 Å². The normalized spacial score (nSPS) is 10.8. The van der Waals surface area contributed by atoms with E-state index in [4.69, 9.17) is 0 Å². The molecule has 0 N–H and O–H groups in total. The van der Waals surface area contributed by atoms with Gasteiger partial charge >= 0.3 is 0 Å². The van der Waals surface area contributed by atoms with Crippen molar-refractivity contribution in [1.82, 2.24) is 0 Å². The van der Waals surface area contributed by atoms with E-state index >= 15 is 0 Å². The van der Waals surface area contributed by atoms with Crippen LogP contribution in [0.4, 0.5) is 0 Å². The molecule has 0 heteroatoms. The first-order valence-corrected chi connectivity index (χ1v) is 23.7. The minimum atomic E-state index is 0. The maximum atomic E-state index is 4.55. The number of allylic oxidation sites excluding steroid dienone is 18. The molecule has 0 fully saturated rings. The predicted octanol–water partition coefficient (Wildman–Crippen LogP) is 22.2. The van der Waals surface area contributed by atoms with Gasteiger partial charge in [-0.25, -0.2) is 0 Å². The van der Waals surface area contributed by atoms with Gasteiger partial charge in [0, 0.05) is 0 Å². The second-order valence-electron chi connectivity index (χ2n) is 12.5. The van der Waals surface area contributed by atoms with E-state index in [1.54, 1.807) is 6.08 Å². The molecule has 0 aliphatic heterocycles. The van der Waals surface area contributed by atoms with E-state index in [-0.39, 0.29) is 7.43 Å². The van der Waals surface area contributed by atoms with Crippen molar-refractivity contribution in [2.75, 3.05) is 0 Å². The zero-order chi connectivity index (χ0) is 50.1. The number of hydrogen-bond acceptors (Lipinski definition) is 0. The SMILES string of the molecule is C.C=C/C=C\C.C=C/C=C\c1c(C)c(/C=C(\C=C)C(=C)/C=C(\C=C/CC)c2cccc(/C(C)=C(C)/C(=C\C=C)C(=C)C)c2C)c(C)c2ccccc12.CC.CC.CC.CC.CC.CC. The monoisotopic (exact) mass is 867 g/mol. The van der Waals surface area contributed by atoms with E-state index in [2.05, 4.69) is 154 Å². The van der Waals surface area contributed by atoms with Crippen molar-refractivity contribution in [3.63, 3.8) is 0 Å². The second kappa shape index (κ2) is 45.6. The first-order valence-electron chi connectivity index (χ1n) is 23.7. The van der Waals surface area contributed by atoms with Crippen LogP contribution in [0.15, 0.2) is 177 Å². The summed E-state index contributed by atoms with van der Waals surface area (Å²) in [6, 6.07) is 15.1. The molecule has 0 amide bonds. The third kappa shape index (κ3) is 23.3. The lowest BCUT2D eigenvalue weighted by molar-refractivity contribution is 1.22. The minimum Gasteiger partial charge on any atom is -0.0991 e. The summed E-state index contributed by atoms with van der Waals surface area (Å²) in [5.41, 5.74) is 16.1. The fourth-order valence-electron chi connectivity index (χ4n) is 6.18. The summed E-state index contributed by atoms with van der Waals surface area (Å²) in [7, 11) is 0. The molecule has 3 aromatic carbocycles.